The lowest BCUT2D eigenvalue weighted by Crippen LogP contribution is -2.36. The van der Waals surface area contributed by atoms with Crippen LogP contribution in [0.4, 0.5) is 4.79 Å². The SMILES string of the molecule is CCc1n[nH]c2c1CN(C(=O)OC(C)(C)C)CCC2. The molecule has 19 heavy (non-hydrogen) atoms. The minimum absolute atomic E-state index is 0.233. The minimum Gasteiger partial charge on any atom is -0.444 e. The van der Waals surface area contributed by atoms with Gasteiger partial charge in [0.1, 0.15) is 5.60 Å². The molecule has 0 unspecified atom stereocenters. The molecule has 1 aromatic rings. The summed E-state index contributed by atoms with van der Waals surface area (Å²) in [6.45, 7) is 9.10. The average molecular weight is 265 g/mol. The van der Waals surface area contributed by atoms with Crippen LogP contribution >= 0.6 is 0 Å². The summed E-state index contributed by atoms with van der Waals surface area (Å²) < 4.78 is 5.45. The molecule has 106 valence electrons. The summed E-state index contributed by atoms with van der Waals surface area (Å²) in [5.74, 6) is 0. The molecule has 5 nitrogen and oxygen atoms in total. The van der Waals surface area contributed by atoms with Crippen LogP contribution in [0.25, 0.3) is 0 Å². The molecular weight excluding hydrogens is 242 g/mol. The molecule has 1 amide bonds. The van der Waals surface area contributed by atoms with Crippen LogP contribution in [0, 0.1) is 0 Å². The Balaban J connectivity index is 2.14. The third-order valence-corrected chi connectivity index (χ3v) is 3.23. The molecule has 0 bridgehead atoms. The van der Waals surface area contributed by atoms with E-state index >= 15 is 0 Å². The predicted octanol–water partition coefficient (Wildman–Crippen LogP) is 2.66. The van der Waals surface area contributed by atoms with Crippen LogP contribution in [0.3, 0.4) is 0 Å². The van der Waals surface area contributed by atoms with Crippen LogP contribution in [0.15, 0.2) is 0 Å². The molecule has 0 spiro atoms. The highest BCUT2D eigenvalue weighted by molar-refractivity contribution is 5.68. The number of nitrogens with one attached hydrogen (secondary N) is 1. The monoisotopic (exact) mass is 265 g/mol. The maximum Gasteiger partial charge on any atom is 0.410 e. The van der Waals surface area contributed by atoms with Crippen molar-refractivity contribution in [2.45, 2.75) is 59.1 Å². The van der Waals surface area contributed by atoms with E-state index in [1.807, 2.05) is 20.8 Å². The number of carbonyl (C=O) groups excluding carboxylic acids is 1. The largest absolute Gasteiger partial charge is 0.444 e. The van der Waals surface area contributed by atoms with Crippen molar-refractivity contribution < 1.29 is 9.53 Å². The minimum atomic E-state index is -0.448. The Bertz CT molecular complexity index is 460. The predicted molar refractivity (Wildman–Crippen MR) is 72.9 cm³/mol. The van der Waals surface area contributed by atoms with Gasteiger partial charge in [0.25, 0.3) is 0 Å². The summed E-state index contributed by atoms with van der Waals surface area (Å²) in [7, 11) is 0. The number of aromatic amines is 1. The number of aromatic nitrogens is 2. The van der Waals surface area contributed by atoms with E-state index < -0.39 is 5.60 Å². The topological polar surface area (TPSA) is 58.2 Å². The molecular formula is C14H23N3O2. The standard InChI is InChI=1S/C14H23N3O2/c1-5-11-10-9-17(13(18)19-14(2,3)4)8-6-7-12(10)16-15-11/h5-9H2,1-4H3,(H,15,16). The van der Waals surface area contributed by atoms with E-state index in [9.17, 15) is 4.79 Å². The second kappa shape index (κ2) is 5.23. The van der Waals surface area contributed by atoms with Crippen molar-refractivity contribution in [3.8, 4) is 0 Å². The fraction of sp³-hybridized carbons (Fsp3) is 0.714. The number of fused-ring (bicyclic) bond motifs is 1. The average Bonchev–Trinajstić information content (AvgIpc) is 2.55. The summed E-state index contributed by atoms with van der Waals surface area (Å²) in [5, 5.41) is 7.42. The van der Waals surface area contributed by atoms with Crippen LogP contribution in [-0.2, 0) is 24.1 Å². The Morgan fingerprint density at radius 1 is 1.47 bits per heavy atom. The molecule has 5 heteroatoms. The Morgan fingerprint density at radius 3 is 2.84 bits per heavy atom. The maximum absolute atomic E-state index is 12.2. The number of carbonyl (C=O) groups is 1. The van der Waals surface area contributed by atoms with Gasteiger partial charge in [0.15, 0.2) is 0 Å². The smallest absolute Gasteiger partial charge is 0.410 e. The Kier molecular flexibility index (Phi) is 3.83. The number of amides is 1. The zero-order chi connectivity index (χ0) is 14.0. The third kappa shape index (κ3) is 3.28. The number of ether oxygens (including phenoxy) is 1. The molecule has 0 fully saturated rings. The fourth-order valence-corrected chi connectivity index (χ4v) is 2.33. The van der Waals surface area contributed by atoms with E-state index in [1.165, 1.54) is 11.3 Å². The second-order valence-corrected chi connectivity index (χ2v) is 5.99. The highest BCUT2D eigenvalue weighted by atomic mass is 16.6. The van der Waals surface area contributed by atoms with Crippen molar-refractivity contribution in [2.75, 3.05) is 6.54 Å². The number of rotatable bonds is 1. The molecule has 0 atom stereocenters. The maximum atomic E-state index is 12.2. The molecule has 1 aliphatic heterocycles. The van der Waals surface area contributed by atoms with E-state index in [0.29, 0.717) is 6.54 Å². The van der Waals surface area contributed by atoms with Gasteiger partial charge in [0, 0.05) is 17.8 Å². The highest BCUT2D eigenvalue weighted by Crippen LogP contribution is 2.22. The van der Waals surface area contributed by atoms with E-state index in [-0.39, 0.29) is 6.09 Å². The lowest BCUT2D eigenvalue weighted by atomic mass is 10.1. The highest BCUT2D eigenvalue weighted by Gasteiger charge is 2.26. The van der Waals surface area contributed by atoms with Gasteiger partial charge in [-0.25, -0.2) is 4.79 Å². The first-order valence-corrected chi connectivity index (χ1v) is 6.93. The molecule has 0 aromatic carbocycles. The van der Waals surface area contributed by atoms with Crippen molar-refractivity contribution in [3.63, 3.8) is 0 Å². The normalized spacial score (nSPS) is 15.9. The first-order chi connectivity index (χ1) is 8.90. The Morgan fingerprint density at radius 2 is 2.21 bits per heavy atom. The zero-order valence-corrected chi connectivity index (χ0v) is 12.2. The summed E-state index contributed by atoms with van der Waals surface area (Å²) in [6.07, 6.45) is 2.54. The van der Waals surface area contributed by atoms with Crippen molar-refractivity contribution in [1.29, 1.82) is 0 Å². The Hall–Kier alpha value is -1.52. The number of hydrogen-bond acceptors (Lipinski definition) is 3. The molecule has 2 heterocycles. The van der Waals surface area contributed by atoms with E-state index in [4.69, 9.17) is 4.74 Å². The van der Waals surface area contributed by atoms with Gasteiger partial charge in [-0.1, -0.05) is 6.92 Å². The Labute approximate surface area is 114 Å². The molecule has 1 aromatic heterocycles. The zero-order valence-electron chi connectivity index (χ0n) is 12.2. The summed E-state index contributed by atoms with van der Waals surface area (Å²) >= 11 is 0. The van der Waals surface area contributed by atoms with Crippen molar-refractivity contribution in [1.82, 2.24) is 15.1 Å². The van der Waals surface area contributed by atoms with Crippen LogP contribution in [0.5, 0.6) is 0 Å². The quantitative estimate of drug-likeness (QED) is 0.849. The van der Waals surface area contributed by atoms with Crippen molar-refractivity contribution >= 4 is 6.09 Å². The van der Waals surface area contributed by atoms with Crippen LogP contribution < -0.4 is 0 Å². The molecule has 1 N–H and O–H groups in total. The molecule has 1 aliphatic rings. The van der Waals surface area contributed by atoms with Gasteiger partial charge in [-0.2, -0.15) is 5.10 Å². The number of aryl methyl sites for hydroxylation is 2. The van der Waals surface area contributed by atoms with Crippen LogP contribution in [0.1, 0.15) is 51.1 Å². The van der Waals surface area contributed by atoms with Gasteiger partial charge in [-0.05, 0) is 40.0 Å². The van der Waals surface area contributed by atoms with E-state index in [2.05, 4.69) is 17.1 Å². The lowest BCUT2D eigenvalue weighted by Gasteiger charge is -2.26. The molecule has 0 saturated carbocycles. The summed E-state index contributed by atoms with van der Waals surface area (Å²) in [6, 6.07) is 0. The van der Waals surface area contributed by atoms with Crippen molar-refractivity contribution in [3.05, 3.63) is 17.0 Å². The second-order valence-electron chi connectivity index (χ2n) is 5.99. The van der Waals surface area contributed by atoms with Crippen molar-refractivity contribution in [2.24, 2.45) is 0 Å². The van der Waals surface area contributed by atoms with Gasteiger partial charge in [-0.15, -0.1) is 0 Å². The van der Waals surface area contributed by atoms with Crippen LogP contribution in [0.2, 0.25) is 0 Å². The summed E-state index contributed by atoms with van der Waals surface area (Å²) in [4.78, 5) is 14.0. The van der Waals surface area contributed by atoms with Gasteiger partial charge in [0.2, 0.25) is 0 Å². The first-order valence-electron chi connectivity index (χ1n) is 6.93. The molecule has 0 radical (unpaired) electrons. The van der Waals surface area contributed by atoms with Crippen LogP contribution in [-0.4, -0.2) is 33.3 Å². The number of hydrogen-bond donors (Lipinski definition) is 1. The van der Waals surface area contributed by atoms with Gasteiger partial charge < -0.3 is 9.64 Å². The van der Waals surface area contributed by atoms with Gasteiger partial charge >= 0.3 is 6.09 Å². The third-order valence-electron chi connectivity index (χ3n) is 3.23. The first kappa shape index (κ1) is 13.9. The molecule has 0 aliphatic carbocycles. The van der Waals surface area contributed by atoms with Gasteiger partial charge in [-0.3, -0.25) is 5.10 Å². The number of nitrogens with zero attached hydrogens (tertiary/aromatic N) is 2. The fourth-order valence-electron chi connectivity index (χ4n) is 2.33. The lowest BCUT2D eigenvalue weighted by molar-refractivity contribution is 0.0236. The number of H-pyrrole nitrogens is 1. The summed E-state index contributed by atoms with van der Waals surface area (Å²) in [5.41, 5.74) is 2.95. The van der Waals surface area contributed by atoms with E-state index in [0.717, 1.165) is 31.5 Å². The van der Waals surface area contributed by atoms with Gasteiger partial charge in [0.05, 0.1) is 12.2 Å². The van der Waals surface area contributed by atoms with E-state index in [1.54, 1.807) is 4.90 Å². The molecule has 0 saturated heterocycles. The molecule has 2 rings (SSSR count).